The highest BCUT2D eigenvalue weighted by Crippen LogP contribution is 2.57. The Bertz CT molecular complexity index is 1440. The van der Waals surface area contributed by atoms with Crippen LogP contribution in [-0.2, 0) is 48.8 Å². The van der Waals surface area contributed by atoms with Crippen LogP contribution >= 0.6 is 0 Å². The van der Waals surface area contributed by atoms with Crippen molar-refractivity contribution in [2.45, 2.75) is 71.1 Å². The van der Waals surface area contributed by atoms with Crippen molar-refractivity contribution in [2.75, 3.05) is 86.3 Å². The van der Waals surface area contributed by atoms with Crippen LogP contribution in [0.2, 0.25) is 0 Å². The first-order valence-electron chi connectivity index (χ1n) is 17.6. The van der Waals surface area contributed by atoms with E-state index in [1.165, 1.54) is 33.4 Å². The van der Waals surface area contributed by atoms with Gasteiger partial charge < -0.3 is 38.5 Å². The summed E-state index contributed by atoms with van der Waals surface area (Å²) in [7, 11) is 1.64. The number of hydrogen-bond acceptors (Lipinski definition) is 9. The lowest BCUT2D eigenvalue weighted by atomic mass is 9.70. The van der Waals surface area contributed by atoms with Gasteiger partial charge in [0.1, 0.15) is 5.78 Å². The van der Waals surface area contributed by atoms with E-state index in [2.05, 4.69) is 63.3 Å². The van der Waals surface area contributed by atoms with E-state index in [9.17, 15) is 9.59 Å². The molecule has 1 unspecified atom stereocenters. The normalized spacial score (nSPS) is 17.1. The number of methoxy groups -OCH3 is 1. The maximum absolute atomic E-state index is 13.1. The van der Waals surface area contributed by atoms with Crippen LogP contribution in [0.5, 0.6) is 0 Å². The topological polar surface area (TPSA) is 114 Å². The maximum atomic E-state index is 13.1. The molecular weight excluding hydrogens is 624 g/mol. The molecule has 1 atom stereocenters. The quantitative estimate of drug-likeness (QED) is 0.142. The third kappa shape index (κ3) is 10.3. The summed E-state index contributed by atoms with van der Waals surface area (Å²) in [6.07, 6.45) is 2.04. The van der Waals surface area contributed by atoms with Crippen molar-refractivity contribution in [3.8, 4) is 11.1 Å². The zero-order chi connectivity index (χ0) is 35.3. The minimum Gasteiger partial charge on any atom is -0.382 e. The highest BCUT2D eigenvalue weighted by molar-refractivity contribution is 6.01. The number of Topliss-reactive ketones (excluding diaryl/α,β-unsaturated/α-hetero) is 1. The largest absolute Gasteiger partial charge is 0.382 e. The van der Waals surface area contributed by atoms with Crippen molar-refractivity contribution in [1.82, 2.24) is 5.32 Å². The van der Waals surface area contributed by atoms with Gasteiger partial charge in [-0.3, -0.25) is 9.79 Å². The predicted octanol–water partition coefficient (Wildman–Crippen LogP) is 5.64. The number of amides is 1. The summed E-state index contributed by atoms with van der Waals surface area (Å²) < 4.78 is 32.4. The number of aryl methyl sites for hydroxylation is 1. The second kappa shape index (κ2) is 18.8. The van der Waals surface area contributed by atoms with Crippen molar-refractivity contribution < 1.29 is 38.0 Å². The fraction of sp³-hybridized carbons (Fsp3) is 0.615. The van der Waals surface area contributed by atoms with E-state index in [1.807, 2.05) is 0 Å². The number of nitrogens with one attached hydrogen (secondary N) is 1. The lowest BCUT2D eigenvalue weighted by molar-refractivity contribution is -0.121. The summed E-state index contributed by atoms with van der Waals surface area (Å²) in [6.45, 7) is 16.2. The number of fused-ring (bicyclic) bond motifs is 4. The van der Waals surface area contributed by atoms with Gasteiger partial charge in [-0.15, -0.1) is 0 Å². The summed E-state index contributed by atoms with van der Waals surface area (Å²) in [5.41, 5.74) is 8.68. The van der Waals surface area contributed by atoms with Crippen LogP contribution in [-0.4, -0.2) is 104 Å². The first-order valence-corrected chi connectivity index (χ1v) is 17.6. The van der Waals surface area contributed by atoms with Gasteiger partial charge in [-0.1, -0.05) is 37.6 Å². The van der Waals surface area contributed by atoms with Crippen molar-refractivity contribution in [1.29, 1.82) is 0 Å². The number of rotatable bonds is 24. The molecule has 1 aliphatic carbocycles. The van der Waals surface area contributed by atoms with Crippen LogP contribution < -0.4 is 5.32 Å². The Hall–Kier alpha value is -2.99. The molecule has 2 aromatic carbocycles. The lowest BCUT2D eigenvalue weighted by Crippen LogP contribution is -2.32. The van der Waals surface area contributed by atoms with Gasteiger partial charge in [0, 0.05) is 43.0 Å². The van der Waals surface area contributed by atoms with Crippen molar-refractivity contribution >= 4 is 23.1 Å². The van der Waals surface area contributed by atoms with Crippen molar-refractivity contribution in [3.05, 3.63) is 52.6 Å². The third-order valence-electron chi connectivity index (χ3n) is 9.67. The fourth-order valence-electron chi connectivity index (χ4n) is 6.60. The summed E-state index contributed by atoms with van der Waals surface area (Å²) in [5.74, 6) is 0.123. The van der Waals surface area contributed by atoms with Crippen LogP contribution in [0.3, 0.4) is 0 Å². The van der Waals surface area contributed by atoms with Gasteiger partial charge in [0.15, 0.2) is 0 Å². The molecule has 4 rings (SSSR count). The molecule has 0 saturated carbocycles. The number of ether oxygens (including phenoxy) is 6. The van der Waals surface area contributed by atoms with Crippen LogP contribution in [0, 0.1) is 6.92 Å². The zero-order valence-electron chi connectivity index (χ0n) is 30.4. The molecular formula is C39H56N2O8. The number of benzene rings is 2. The molecule has 1 amide bonds. The molecule has 2 aromatic rings. The van der Waals surface area contributed by atoms with Gasteiger partial charge in [0.25, 0.3) is 0 Å². The van der Waals surface area contributed by atoms with Crippen LogP contribution in [0.25, 0.3) is 11.1 Å². The molecule has 1 N–H and O–H groups in total. The summed E-state index contributed by atoms with van der Waals surface area (Å²) in [4.78, 5) is 30.4. The minimum absolute atomic E-state index is 0.0272. The molecule has 10 heteroatoms. The molecule has 0 radical (unpaired) electrons. The van der Waals surface area contributed by atoms with E-state index in [0.717, 1.165) is 11.4 Å². The number of carbonyl (C=O) groups excluding carboxylic acids is 2. The number of hydrogen-bond donors (Lipinski definition) is 1. The van der Waals surface area contributed by atoms with Crippen LogP contribution in [0.15, 0.2) is 35.3 Å². The Morgan fingerprint density at radius 3 is 1.84 bits per heavy atom. The molecule has 0 fully saturated rings. The van der Waals surface area contributed by atoms with Gasteiger partial charge >= 0.3 is 0 Å². The molecule has 0 bridgehead atoms. The average Bonchev–Trinajstić information content (AvgIpc) is 3.46. The van der Waals surface area contributed by atoms with Crippen LogP contribution in [0.1, 0.15) is 75.6 Å². The lowest BCUT2D eigenvalue weighted by Gasteiger charge is -2.33. The molecule has 10 nitrogen and oxygen atoms in total. The highest BCUT2D eigenvalue weighted by atomic mass is 16.6. The first-order chi connectivity index (χ1) is 23.6. The number of nitrogens with zero attached hydrogens (tertiary/aromatic N) is 1. The van der Waals surface area contributed by atoms with Crippen molar-refractivity contribution in [3.63, 3.8) is 0 Å². The highest BCUT2D eigenvalue weighted by Gasteiger charge is 2.45. The van der Waals surface area contributed by atoms with E-state index in [1.54, 1.807) is 14.0 Å². The molecule has 0 aromatic heterocycles. The van der Waals surface area contributed by atoms with Gasteiger partial charge in [0.05, 0.1) is 78.4 Å². The molecule has 270 valence electrons. The van der Waals surface area contributed by atoms with Crippen LogP contribution in [0.4, 0.5) is 5.69 Å². The molecule has 0 saturated heterocycles. The van der Waals surface area contributed by atoms with Gasteiger partial charge in [-0.25, -0.2) is 0 Å². The monoisotopic (exact) mass is 680 g/mol. The zero-order valence-corrected chi connectivity index (χ0v) is 30.4. The smallest absolute Gasteiger partial charge is 0.220 e. The van der Waals surface area contributed by atoms with E-state index in [0.29, 0.717) is 105 Å². The number of ketones is 1. The molecule has 49 heavy (non-hydrogen) atoms. The van der Waals surface area contributed by atoms with E-state index in [-0.39, 0.29) is 17.1 Å². The van der Waals surface area contributed by atoms with Crippen molar-refractivity contribution in [2.24, 2.45) is 4.99 Å². The van der Waals surface area contributed by atoms with E-state index >= 15 is 0 Å². The summed E-state index contributed by atoms with van der Waals surface area (Å²) >= 11 is 0. The Morgan fingerprint density at radius 1 is 0.694 bits per heavy atom. The second-order valence-electron chi connectivity index (χ2n) is 13.5. The summed E-state index contributed by atoms with van der Waals surface area (Å²) in [5, 5.41) is 3.02. The third-order valence-corrected chi connectivity index (χ3v) is 9.67. The predicted molar refractivity (Wildman–Crippen MR) is 191 cm³/mol. The number of carbonyl (C=O) groups is 2. The average molecular weight is 681 g/mol. The first kappa shape index (κ1) is 38.8. The van der Waals surface area contributed by atoms with Gasteiger partial charge in [-0.05, 0) is 73.6 Å². The van der Waals surface area contributed by atoms with Gasteiger partial charge in [0.2, 0.25) is 5.91 Å². The standard InChI is InChI=1S/C39H56N2O8/c1-28-7-8-31-32-26-35-36(41-30(3)38(35,4)5)27-34(32)39(33(31)25-28,11-9-29(2)42)12-10-37(43)40-13-14-45-17-18-47-21-22-49-24-23-48-20-19-46-16-15-44-6/h7-8,25-27H,9-24H2,1-6H3,(H,40,43). The van der Waals surface area contributed by atoms with E-state index < -0.39 is 5.41 Å². The Labute approximate surface area is 292 Å². The minimum atomic E-state index is -0.450. The Balaban J connectivity index is 1.21. The molecule has 1 heterocycles. The number of aliphatic imine (C=N–C) groups is 1. The Morgan fingerprint density at radius 2 is 1.24 bits per heavy atom. The maximum Gasteiger partial charge on any atom is 0.220 e. The fourth-order valence-corrected chi connectivity index (χ4v) is 6.60. The van der Waals surface area contributed by atoms with Gasteiger partial charge in [-0.2, -0.15) is 0 Å². The van der Waals surface area contributed by atoms with E-state index in [4.69, 9.17) is 33.4 Å². The molecule has 1 aliphatic heterocycles. The summed E-state index contributed by atoms with van der Waals surface area (Å²) in [6, 6.07) is 11.1. The second-order valence-corrected chi connectivity index (χ2v) is 13.5. The SMILES string of the molecule is COCCOCCOCCOCCOCCOCCNC(=O)CCC1(CCC(C)=O)c2cc(C)ccc2-c2cc3c(cc21)N=C(C)C3(C)C. The molecule has 0 spiro atoms. The Kier molecular flexibility index (Phi) is 14.9. The molecule has 2 aliphatic rings.